The Morgan fingerprint density at radius 2 is 2.06 bits per heavy atom. The van der Waals surface area contributed by atoms with Gasteiger partial charge < -0.3 is 10.1 Å². The van der Waals surface area contributed by atoms with E-state index in [4.69, 9.17) is 4.74 Å². The molecule has 3 heteroatoms. The van der Waals surface area contributed by atoms with Crippen LogP contribution in [0.3, 0.4) is 0 Å². The number of nitrogens with one attached hydrogen (secondary N) is 1. The zero-order valence-electron chi connectivity index (χ0n) is 11.5. The van der Waals surface area contributed by atoms with Crippen molar-refractivity contribution in [1.82, 2.24) is 10.2 Å². The Hall–Kier alpha value is -0.120. The Morgan fingerprint density at radius 3 is 2.76 bits per heavy atom. The van der Waals surface area contributed by atoms with Crippen molar-refractivity contribution in [3.8, 4) is 0 Å². The molecule has 0 aromatic rings. The van der Waals surface area contributed by atoms with E-state index in [0.29, 0.717) is 11.5 Å². The average Bonchev–Trinajstić information content (AvgIpc) is 2.76. The van der Waals surface area contributed by atoms with E-state index in [1.54, 1.807) is 0 Å². The summed E-state index contributed by atoms with van der Waals surface area (Å²) in [7, 11) is 0. The fraction of sp³-hybridized carbons (Fsp3) is 1.00. The number of rotatable bonds is 5. The molecule has 2 aliphatic rings. The second kappa shape index (κ2) is 6.17. The molecule has 0 radical (unpaired) electrons. The number of hydrogen-bond donors (Lipinski definition) is 1. The first-order valence-corrected chi connectivity index (χ1v) is 7.26. The molecule has 0 amide bonds. The first-order valence-electron chi connectivity index (χ1n) is 7.26. The van der Waals surface area contributed by atoms with Crippen LogP contribution in [0.2, 0.25) is 0 Å². The van der Waals surface area contributed by atoms with Gasteiger partial charge in [-0.3, -0.25) is 4.90 Å². The van der Waals surface area contributed by atoms with Crippen LogP contribution in [-0.4, -0.2) is 49.8 Å². The predicted octanol–water partition coefficient (Wildman–Crippen LogP) is 1.88. The predicted molar refractivity (Wildman–Crippen MR) is 71.3 cm³/mol. The van der Waals surface area contributed by atoms with Crippen molar-refractivity contribution < 1.29 is 4.74 Å². The summed E-state index contributed by atoms with van der Waals surface area (Å²) < 4.78 is 5.74. The van der Waals surface area contributed by atoms with Gasteiger partial charge in [-0.15, -0.1) is 0 Å². The molecule has 1 heterocycles. The molecule has 1 aliphatic carbocycles. The van der Waals surface area contributed by atoms with Gasteiger partial charge in [0, 0.05) is 38.3 Å². The molecular weight excluding hydrogens is 212 g/mol. The summed E-state index contributed by atoms with van der Waals surface area (Å²) in [4.78, 5) is 2.69. The van der Waals surface area contributed by atoms with E-state index in [-0.39, 0.29) is 0 Å². The van der Waals surface area contributed by atoms with Gasteiger partial charge >= 0.3 is 0 Å². The van der Waals surface area contributed by atoms with Crippen molar-refractivity contribution in [3.05, 3.63) is 0 Å². The average molecular weight is 240 g/mol. The molecule has 2 fully saturated rings. The normalized spacial score (nSPS) is 24.9. The lowest BCUT2D eigenvalue weighted by atomic mass is 9.93. The second-order valence-electron chi connectivity index (χ2n) is 6.06. The first-order chi connectivity index (χ1) is 8.23. The van der Waals surface area contributed by atoms with Crippen LogP contribution in [0.25, 0.3) is 0 Å². The van der Waals surface area contributed by atoms with E-state index in [1.807, 2.05) is 0 Å². The van der Waals surface area contributed by atoms with Crippen molar-refractivity contribution in [2.45, 2.75) is 45.1 Å². The summed E-state index contributed by atoms with van der Waals surface area (Å²) in [6, 6.07) is 0. The fourth-order valence-corrected chi connectivity index (χ4v) is 3.25. The van der Waals surface area contributed by atoms with Crippen molar-refractivity contribution in [2.24, 2.45) is 5.92 Å². The third-order valence-electron chi connectivity index (χ3n) is 4.17. The molecule has 3 nitrogen and oxygen atoms in total. The monoisotopic (exact) mass is 240 g/mol. The SMILES string of the molecule is CC(C)COCCN1CCNCC12CCCC2. The molecule has 17 heavy (non-hydrogen) atoms. The summed E-state index contributed by atoms with van der Waals surface area (Å²) in [6.07, 6.45) is 5.57. The number of piperazine rings is 1. The highest BCUT2D eigenvalue weighted by atomic mass is 16.5. The Morgan fingerprint density at radius 1 is 1.29 bits per heavy atom. The summed E-state index contributed by atoms with van der Waals surface area (Å²) >= 11 is 0. The summed E-state index contributed by atoms with van der Waals surface area (Å²) in [5.74, 6) is 0.651. The Kier molecular flexibility index (Phi) is 4.83. The molecule has 0 aromatic carbocycles. The molecule has 1 saturated carbocycles. The van der Waals surface area contributed by atoms with Crippen LogP contribution in [0.4, 0.5) is 0 Å². The minimum Gasteiger partial charge on any atom is -0.380 e. The molecule has 1 saturated heterocycles. The van der Waals surface area contributed by atoms with E-state index < -0.39 is 0 Å². The van der Waals surface area contributed by atoms with Crippen LogP contribution in [0.5, 0.6) is 0 Å². The van der Waals surface area contributed by atoms with Crippen LogP contribution in [-0.2, 0) is 4.74 Å². The molecular formula is C14H28N2O. The minimum atomic E-state index is 0.472. The standard InChI is InChI=1S/C14H28N2O/c1-13(2)11-17-10-9-16-8-7-15-12-14(16)5-3-4-6-14/h13,15H,3-12H2,1-2H3. The van der Waals surface area contributed by atoms with Gasteiger partial charge in [0.2, 0.25) is 0 Å². The molecule has 0 aromatic heterocycles. The van der Waals surface area contributed by atoms with Gasteiger partial charge in [-0.1, -0.05) is 26.7 Å². The largest absolute Gasteiger partial charge is 0.380 e. The maximum Gasteiger partial charge on any atom is 0.0593 e. The van der Waals surface area contributed by atoms with Gasteiger partial charge in [-0.25, -0.2) is 0 Å². The van der Waals surface area contributed by atoms with Gasteiger partial charge in [-0.05, 0) is 18.8 Å². The van der Waals surface area contributed by atoms with Gasteiger partial charge in [-0.2, -0.15) is 0 Å². The molecule has 1 spiro atoms. The van der Waals surface area contributed by atoms with E-state index in [1.165, 1.54) is 38.8 Å². The summed E-state index contributed by atoms with van der Waals surface area (Å²) in [6.45, 7) is 10.9. The van der Waals surface area contributed by atoms with Crippen LogP contribution in [0.15, 0.2) is 0 Å². The molecule has 100 valence electrons. The van der Waals surface area contributed by atoms with Crippen LogP contribution < -0.4 is 5.32 Å². The van der Waals surface area contributed by atoms with E-state index >= 15 is 0 Å². The van der Waals surface area contributed by atoms with E-state index in [0.717, 1.165) is 26.3 Å². The molecule has 1 aliphatic heterocycles. The molecule has 0 atom stereocenters. The van der Waals surface area contributed by atoms with Gasteiger partial charge in [0.05, 0.1) is 6.61 Å². The minimum absolute atomic E-state index is 0.472. The van der Waals surface area contributed by atoms with Gasteiger partial charge in [0.15, 0.2) is 0 Å². The Labute approximate surface area is 106 Å². The second-order valence-corrected chi connectivity index (χ2v) is 6.06. The lowest BCUT2D eigenvalue weighted by Gasteiger charge is -2.45. The summed E-state index contributed by atoms with van der Waals surface area (Å²) in [5.41, 5.74) is 0.472. The number of hydrogen-bond acceptors (Lipinski definition) is 3. The van der Waals surface area contributed by atoms with Crippen LogP contribution in [0, 0.1) is 5.92 Å². The van der Waals surface area contributed by atoms with Crippen molar-refractivity contribution in [2.75, 3.05) is 39.4 Å². The third-order valence-corrected chi connectivity index (χ3v) is 4.17. The third kappa shape index (κ3) is 3.43. The topological polar surface area (TPSA) is 24.5 Å². The first kappa shape index (κ1) is 13.3. The molecule has 2 rings (SSSR count). The summed E-state index contributed by atoms with van der Waals surface area (Å²) in [5, 5.41) is 3.57. The van der Waals surface area contributed by atoms with Crippen molar-refractivity contribution >= 4 is 0 Å². The van der Waals surface area contributed by atoms with Crippen molar-refractivity contribution in [1.29, 1.82) is 0 Å². The highest BCUT2D eigenvalue weighted by Gasteiger charge is 2.40. The molecule has 0 unspecified atom stereocenters. The van der Waals surface area contributed by atoms with Gasteiger partial charge in [0.25, 0.3) is 0 Å². The Balaban J connectivity index is 1.77. The highest BCUT2D eigenvalue weighted by molar-refractivity contribution is 4.99. The zero-order valence-corrected chi connectivity index (χ0v) is 11.5. The lowest BCUT2D eigenvalue weighted by molar-refractivity contribution is 0.0219. The van der Waals surface area contributed by atoms with E-state index in [2.05, 4.69) is 24.1 Å². The zero-order chi connectivity index (χ0) is 12.1. The Bertz CT molecular complexity index is 224. The molecule has 1 N–H and O–H groups in total. The van der Waals surface area contributed by atoms with Gasteiger partial charge in [0.1, 0.15) is 0 Å². The van der Waals surface area contributed by atoms with Crippen molar-refractivity contribution in [3.63, 3.8) is 0 Å². The van der Waals surface area contributed by atoms with Crippen LogP contribution >= 0.6 is 0 Å². The maximum absolute atomic E-state index is 5.74. The highest BCUT2D eigenvalue weighted by Crippen LogP contribution is 2.35. The quantitative estimate of drug-likeness (QED) is 0.743. The number of ether oxygens (including phenoxy) is 1. The van der Waals surface area contributed by atoms with Crippen LogP contribution in [0.1, 0.15) is 39.5 Å². The lowest BCUT2D eigenvalue weighted by Crippen LogP contribution is -2.60. The fourth-order valence-electron chi connectivity index (χ4n) is 3.25. The number of nitrogens with zero attached hydrogens (tertiary/aromatic N) is 1. The molecule has 0 bridgehead atoms. The van der Waals surface area contributed by atoms with E-state index in [9.17, 15) is 0 Å². The smallest absolute Gasteiger partial charge is 0.0593 e. The maximum atomic E-state index is 5.74.